The van der Waals surface area contributed by atoms with Crippen LogP contribution in [-0.4, -0.2) is 40.9 Å². The van der Waals surface area contributed by atoms with Gasteiger partial charge >= 0.3 is 18.0 Å². The van der Waals surface area contributed by atoms with E-state index < -0.39 is 53.5 Å². The fourth-order valence-corrected chi connectivity index (χ4v) is 3.02. The van der Waals surface area contributed by atoms with Crippen LogP contribution in [0.25, 0.3) is 0 Å². The molecule has 8 heteroatoms. The number of amides is 1. The molecule has 0 saturated heterocycles. The van der Waals surface area contributed by atoms with Crippen molar-refractivity contribution < 1.29 is 33.0 Å². The lowest BCUT2D eigenvalue weighted by Gasteiger charge is -2.29. The summed E-state index contributed by atoms with van der Waals surface area (Å²) >= 11 is 0. The highest BCUT2D eigenvalue weighted by atomic mass is 19.1. The quantitative estimate of drug-likeness (QED) is 0.401. The van der Waals surface area contributed by atoms with Crippen molar-refractivity contribution >= 4 is 18.0 Å². The minimum Gasteiger partial charge on any atom is -0.460 e. The SMILES string of the molecule is CC(C)(C)OC(=O)NC(C[C@H](Cc1ccc(CF)cc1)C(=O)OC(C)(C)C)C(=O)OC(C)(C)C. The number of alkyl carbamates (subject to hydrolysis) is 1. The van der Waals surface area contributed by atoms with Gasteiger partial charge in [0, 0.05) is 0 Å². The van der Waals surface area contributed by atoms with Crippen LogP contribution in [-0.2, 0) is 36.9 Å². The van der Waals surface area contributed by atoms with Crippen LogP contribution in [0.4, 0.5) is 9.18 Å². The number of esters is 2. The molecule has 0 spiro atoms. The Bertz CT molecular complexity index is 831. The van der Waals surface area contributed by atoms with Crippen molar-refractivity contribution in [3.8, 4) is 0 Å². The summed E-state index contributed by atoms with van der Waals surface area (Å²) < 4.78 is 29.3. The highest BCUT2D eigenvalue weighted by Crippen LogP contribution is 2.22. The third-order valence-electron chi connectivity index (χ3n) is 4.30. The Balaban J connectivity index is 3.22. The monoisotopic (exact) mass is 481 g/mol. The lowest BCUT2D eigenvalue weighted by atomic mass is 9.92. The molecular formula is C26H40FNO6. The smallest absolute Gasteiger partial charge is 0.408 e. The molecule has 0 aromatic heterocycles. The molecule has 1 N–H and O–H groups in total. The molecular weight excluding hydrogens is 441 g/mol. The number of hydrogen-bond acceptors (Lipinski definition) is 6. The molecule has 0 aliphatic rings. The van der Waals surface area contributed by atoms with Gasteiger partial charge in [-0.2, -0.15) is 0 Å². The maximum Gasteiger partial charge on any atom is 0.408 e. The molecule has 0 saturated carbocycles. The van der Waals surface area contributed by atoms with Crippen LogP contribution in [0.15, 0.2) is 24.3 Å². The summed E-state index contributed by atoms with van der Waals surface area (Å²) in [6.07, 6.45) is -0.622. The molecule has 0 aliphatic heterocycles. The molecule has 34 heavy (non-hydrogen) atoms. The number of benzene rings is 1. The normalized spacial score (nSPS) is 14.1. The third kappa shape index (κ3) is 12.0. The standard InChI is InChI=1S/C26H40FNO6/c1-24(2,3)32-21(29)19(14-17-10-12-18(16-27)13-11-17)15-20(22(30)33-25(4,5)6)28-23(31)34-26(7,8)9/h10-13,19-20H,14-16H2,1-9H3,(H,28,31)/t19-,20?/m0/s1. The van der Waals surface area contributed by atoms with Crippen molar-refractivity contribution in [2.75, 3.05) is 0 Å². The van der Waals surface area contributed by atoms with Crippen LogP contribution in [0.3, 0.4) is 0 Å². The zero-order valence-corrected chi connectivity index (χ0v) is 21.9. The van der Waals surface area contributed by atoms with Crippen molar-refractivity contribution in [2.24, 2.45) is 5.92 Å². The van der Waals surface area contributed by atoms with Gasteiger partial charge in [-0.05, 0) is 86.3 Å². The fraction of sp³-hybridized carbons (Fsp3) is 0.654. The zero-order valence-electron chi connectivity index (χ0n) is 21.9. The number of halogens is 1. The minimum atomic E-state index is -1.14. The van der Waals surface area contributed by atoms with Gasteiger partial charge in [0.2, 0.25) is 0 Å². The van der Waals surface area contributed by atoms with Crippen LogP contribution in [0.1, 0.15) is 79.9 Å². The van der Waals surface area contributed by atoms with Crippen molar-refractivity contribution in [2.45, 2.75) is 105 Å². The number of carbonyl (C=O) groups excluding carboxylic acids is 3. The van der Waals surface area contributed by atoms with E-state index in [1.807, 2.05) is 0 Å². The van der Waals surface area contributed by atoms with Gasteiger partial charge < -0.3 is 19.5 Å². The van der Waals surface area contributed by atoms with Gasteiger partial charge in [-0.3, -0.25) is 4.79 Å². The highest BCUT2D eigenvalue weighted by molar-refractivity contribution is 5.83. The van der Waals surface area contributed by atoms with Crippen LogP contribution in [0.2, 0.25) is 0 Å². The second kappa shape index (κ2) is 11.7. The Morgan fingerprint density at radius 2 is 1.21 bits per heavy atom. The first-order valence-corrected chi connectivity index (χ1v) is 11.5. The second-order valence-corrected chi connectivity index (χ2v) is 11.4. The molecule has 1 amide bonds. The number of hydrogen-bond donors (Lipinski definition) is 1. The van der Waals surface area contributed by atoms with Gasteiger partial charge in [0.05, 0.1) is 5.92 Å². The summed E-state index contributed by atoms with van der Waals surface area (Å²) in [4.78, 5) is 38.5. The number of ether oxygens (including phenoxy) is 3. The summed E-state index contributed by atoms with van der Waals surface area (Å²) in [6.45, 7) is 14.9. The first kappa shape index (κ1) is 29.4. The number of alkyl halides is 1. The lowest BCUT2D eigenvalue weighted by Crippen LogP contribution is -2.48. The van der Waals surface area contributed by atoms with E-state index in [0.29, 0.717) is 5.56 Å². The van der Waals surface area contributed by atoms with E-state index in [2.05, 4.69) is 5.32 Å². The third-order valence-corrected chi connectivity index (χ3v) is 4.30. The van der Waals surface area contributed by atoms with Crippen molar-refractivity contribution in [1.82, 2.24) is 5.32 Å². The largest absolute Gasteiger partial charge is 0.460 e. The van der Waals surface area contributed by atoms with Crippen molar-refractivity contribution in [1.29, 1.82) is 0 Å². The van der Waals surface area contributed by atoms with Gasteiger partial charge in [0.15, 0.2) is 0 Å². The molecule has 0 fully saturated rings. The summed E-state index contributed by atoms with van der Waals surface area (Å²) in [7, 11) is 0. The van der Waals surface area contributed by atoms with Crippen LogP contribution < -0.4 is 5.32 Å². The van der Waals surface area contributed by atoms with Crippen molar-refractivity contribution in [3.05, 3.63) is 35.4 Å². The number of carbonyl (C=O) groups is 3. The van der Waals surface area contributed by atoms with Gasteiger partial charge in [-0.1, -0.05) is 24.3 Å². The van der Waals surface area contributed by atoms with E-state index in [1.165, 1.54) is 0 Å². The predicted octanol–water partition coefficient (Wildman–Crippen LogP) is 5.28. The molecule has 7 nitrogen and oxygen atoms in total. The topological polar surface area (TPSA) is 90.9 Å². The average molecular weight is 482 g/mol. The summed E-state index contributed by atoms with van der Waals surface area (Å²) in [6, 6.07) is 5.61. The molecule has 192 valence electrons. The maximum atomic E-state index is 13.1. The Morgan fingerprint density at radius 1 is 0.765 bits per heavy atom. The first-order valence-electron chi connectivity index (χ1n) is 11.5. The minimum absolute atomic E-state index is 0.0616. The lowest BCUT2D eigenvalue weighted by molar-refractivity contribution is -0.162. The fourth-order valence-electron chi connectivity index (χ4n) is 3.02. The molecule has 1 aromatic rings. The van der Waals surface area contributed by atoms with Gasteiger partial charge in [-0.25, -0.2) is 14.0 Å². The van der Waals surface area contributed by atoms with Crippen LogP contribution in [0, 0.1) is 5.92 Å². The molecule has 2 atom stereocenters. The summed E-state index contributed by atoms with van der Waals surface area (Å²) in [5, 5.41) is 2.56. The summed E-state index contributed by atoms with van der Waals surface area (Å²) in [5.74, 6) is -1.97. The average Bonchev–Trinajstić information content (AvgIpc) is 2.63. The molecule has 0 radical (unpaired) electrons. The van der Waals surface area contributed by atoms with E-state index in [1.54, 1.807) is 86.6 Å². The first-order chi connectivity index (χ1) is 15.4. The molecule has 0 heterocycles. The molecule has 1 rings (SSSR count). The van der Waals surface area contributed by atoms with Gasteiger partial charge in [0.25, 0.3) is 0 Å². The maximum absolute atomic E-state index is 13.1. The van der Waals surface area contributed by atoms with Gasteiger partial charge in [-0.15, -0.1) is 0 Å². The Labute approximate surface area is 202 Å². The van der Waals surface area contributed by atoms with E-state index in [4.69, 9.17) is 14.2 Å². The Hall–Kier alpha value is -2.64. The van der Waals surface area contributed by atoms with Gasteiger partial charge in [0.1, 0.15) is 29.5 Å². The molecule has 1 unspecified atom stereocenters. The van der Waals surface area contributed by atoms with Crippen LogP contribution >= 0.6 is 0 Å². The number of rotatable bonds is 8. The highest BCUT2D eigenvalue weighted by Gasteiger charge is 2.35. The molecule has 0 bridgehead atoms. The number of nitrogens with one attached hydrogen (secondary N) is 1. The Kier molecular flexibility index (Phi) is 10.1. The van der Waals surface area contributed by atoms with E-state index in [9.17, 15) is 18.8 Å². The predicted molar refractivity (Wildman–Crippen MR) is 128 cm³/mol. The molecule has 0 aliphatic carbocycles. The summed E-state index contributed by atoms with van der Waals surface area (Å²) in [5.41, 5.74) is -1.02. The van der Waals surface area contributed by atoms with E-state index >= 15 is 0 Å². The Morgan fingerprint density at radius 3 is 1.65 bits per heavy atom. The van der Waals surface area contributed by atoms with E-state index in [-0.39, 0.29) is 12.8 Å². The van der Waals surface area contributed by atoms with Crippen LogP contribution in [0.5, 0.6) is 0 Å². The van der Waals surface area contributed by atoms with E-state index in [0.717, 1.165) is 5.56 Å². The van der Waals surface area contributed by atoms with Crippen molar-refractivity contribution in [3.63, 3.8) is 0 Å². The molecule has 1 aromatic carbocycles. The zero-order chi connectivity index (χ0) is 26.3. The second-order valence-electron chi connectivity index (χ2n) is 11.4.